The zero-order chi connectivity index (χ0) is 15.4. The Morgan fingerprint density at radius 3 is 2.57 bits per heavy atom. The second-order valence-electron chi connectivity index (χ2n) is 4.28. The molecule has 0 saturated heterocycles. The van der Waals surface area contributed by atoms with Gasteiger partial charge in [0.1, 0.15) is 12.4 Å². The molecule has 0 unspecified atom stereocenters. The molecule has 0 radical (unpaired) electrons. The minimum Gasteiger partial charge on any atom is -0.497 e. The van der Waals surface area contributed by atoms with Gasteiger partial charge in [0, 0.05) is 5.69 Å². The fourth-order valence-electron chi connectivity index (χ4n) is 1.70. The summed E-state index contributed by atoms with van der Waals surface area (Å²) in [5, 5.41) is 0.856. The van der Waals surface area contributed by atoms with Gasteiger partial charge >= 0.3 is 5.97 Å². The van der Waals surface area contributed by atoms with Gasteiger partial charge in [0.05, 0.1) is 22.7 Å². The van der Waals surface area contributed by atoms with Crippen LogP contribution < -0.4 is 10.5 Å². The molecule has 0 aliphatic carbocycles. The molecule has 0 heterocycles. The lowest BCUT2D eigenvalue weighted by Gasteiger charge is -2.09. The largest absolute Gasteiger partial charge is 0.497 e. The van der Waals surface area contributed by atoms with Crippen LogP contribution in [-0.4, -0.2) is 13.1 Å². The molecule has 0 aromatic heterocycles. The Balaban J connectivity index is 2.09. The first-order valence-corrected chi connectivity index (χ1v) is 6.81. The summed E-state index contributed by atoms with van der Waals surface area (Å²) in [7, 11) is 1.51. The maximum absolute atomic E-state index is 12.0. The molecule has 0 bridgehead atoms. The molecule has 0 saturated carbocycles. The van der Waals surface area contributed by atoms with E-state index in [9.17, 15) is 4.79 Å². The number of halogens is 2. The molecule has 0 aliphatic heterocycles. The summed E-state index contributed by atoms with van der Waals surface area (Å²) in [6, 6.07) is 9.82. The minimum absolute atomic E-state index is 0.0758. The van der Waals surface area contributed by atoms with Crippen LogP contribution in [0.15, 0.2) is 36.4 Å². The lowest BCUT2D eigenvalue weighted by molar-refractivity contribution is 0.0473. The lowest BCUT2D eigenvalue weighted by atomic mass is 10.1. The minimum atomic E-state index is -0.530. The zero-order valence-electron chi connectivity index (χ0n) is 11.2. The van der Waals surface area contributed by atoms with E-state index in [-0.39, 0.29) is 12.2 Å². The average molecular weight is 326 g/mol. The smallest absolute Gasteiger partial charge is 0.340 e. The molecule has 110 valence electrons. The van der Waals surface area contributed by atoms with Gasteiger partial charge in [-0.05, 0) is 35.9 Å². The van der Waals surface area contributed by atoms with Crippen molar-refractivity contribution in [3.05, 3.63) is 57.6 Å². The van der Waals surface area contributed by atoms with Crippen LogP contribution in [0.25, 0.3) is 0 Å². The van der Waals surface area contributed by atoms with Crippen LogP contribution in [0, 0.1) is 0 Å². The maximum atomic E-state index is 12.0. The quantitative estimate of drug-likeness (QED) is 0.683. The SMILES string of the molecule is COc1ccc(N)c(C(=O)OCc2ccc(Cl)c(Cl)c2)c1. The standard InChI is InChI=1S/C15H13Cl2NO3/c1-20-10-3-5-14(18)11(7-10)15(19)21-8-9-2-4-12(16)13(17)6-9/h2-7H,8,18H2,1H3. The van der Waals surface area contributed by atoms with Crippen molar-refractivity contribution < 1.29 is 14.3 Å². The number of ether oxygens (including phenoxy) is 2. The van der Waals surface area contributed by atoms with Crippen molar-refractivity contribution in [1.82, 2.24) is 0 Å². The molecule has 0 spiro atoms. The Labute approximate surface area is 132 Å². The summed E-state index contributed by atoms with van der Waals surface area (Å²) in [5.41, 5.74) is 7.09. The van der Waals surface area contributed by atoms with Crippen molar-refractivity contribution >= 4 is 34.9 Å². The van der Waals surface area contributed by atoms with E-state index in [1.54, 1.807) is 30.3 Å². The van der Waals surface area contributed by atoms with E-state index in [0.717, 1.165) is 5.56 Å². The number of nitrogen functional groups attached to an aromatic ring is 1. The van der Waals surface area contributed by atoms with Gasteiger partial charge in [0.25, 0.3) is 0 Å². The second-order valence-corrected chi connectivity index (χ2v) is 5.09. The third-order valence-electron chi connectivity index (χ3n) is 2.83. The molecule has 0 fully saturated rings. The second kappa shape index (κ2) is 6.70. The van der Waals surface area contributed by atoms with Gasteiger partial charge in [-0.25, -0.2) is 4.79 Å². The summed E-state index contributed by atoms with van der Waals surface area (Å²) < 4.78 is 10.3. The van der Waals surface area contributed by atoms with E-state index < -0.39 is 5.97 Å². The molecule has 0 atom stereocenters. The van der Waals surface area contributed by atoms with Crippen LogP contribution in [-0.2, 0) is 11.3 Å². The molecular formula is C15H13Cl2NO3. The predicted molar refractivity (Wildman–Crippen MR) is 83.0 cm³/mol. The number of methoxy groups -OCH3 is 1. The number of carbonyl (C=O) groups excluding carboxylic acids is 1. The predicted octanol–water partition coefficient (Wildman–Crippen LogP) is 3.94. The number of nitrogens with two attached hydrogens (primary N) is 1. The third kappa shape index (κ3) is 3.80. The lowest BCUT2D eigenvalue weighted by Crippen LogP contribution is -2.08. The highest BCUT2D eigenvalue weighted by atomic mass is 35.5. The number of benzene rings is 2. The Hall–Kier alpha value is -1.91. The highest BCUT2D eigenvalue weighted by Crippen LogP contribution is 2.24. The summed E-state index contributed by atoms with van der Waals surface area (Å²) in [6.07, 6.45) is 0. The van der Waals surface area contributed by atoms with Gasteiger partial charge in [-0.2, -0.15) is 0 Å². The molecular weight excluding hydrogens is 313 g/mol. The highest BCUT2D eigenvalue weighted by Gasteiger charge is 2.13. The van der Waals surface area contributed by atoms with Crippen molar-refractivity contribution in [2.45, 2.75) is 6.61 Å². The normalized spacial score (nSPS) is 10.2. The van der Waals surface area contributed by atoms with E-state index in [1.807, 2.05) is 0 Å². The Morgan fingerprint density at radius 1 is 1.14 bits per heavy atom. The van der Waals surface area contributed by atoms with Gasteiger partial charge in [0.2, 0.25) is 0 Å². The first-order valence-electron chi connectivity index (χ1n) is 6.06. The number of rotatable bonds is 4. The topological polar surface area (TPSA) is 61.5 Å². The maximum Gasteiger partial charge on any atom is 0.340 e. The summed E-state index contributed by atoms with van der Waals surface area (Å²) >= 11 is 11.7. The zero-order valence-corrected chi connectivity index (χ0v) is 12.7. The van der Waals surface area contributed by atoms with E-state index >= 15 is 0 Å². The van der Waals surface area contributed by atoms with Gasteiger partial charge in [-0.3, -0.25) is 0 Å². The van der Waals surface area contributed by atoms with E-state index in [0.29, 0.717) is 21.5 Å². The Kier molecular flexibility index (Phi) is 4.94. The molecule has 21 heavy (non-hydrogen) atoms. The Bertz CT molecular complexity index is 674. The number of esters is 1. The van der Waals surface area contributed by atoms with Crippen LogP contribution in [0.3, 0.4) is 0 Å². The van der Waals surface area contributed by atoms with Crippen molar-refractivity contribution in [3.63, 3.8) is 0 Å². The number of hydrogen-bond acceptors (Lipinski definition) is 4. The van der Waals surface area contributed by atoms with E-state index in [4.69, 9.17) is 38.4 Å². The van der Waals surface area contributed by atoms with Crippen LogP contribution >= 0.6 is 23.2 Å². The third-order valence-corrected chi connectivity index (χ3v) is 3.57. The van der Waals surface area contributed by atoms with Crippen LogP contribution in [0.2, 0.25) is 10.0 Å². The highest BCUT2D eigenvalue weighted by molar-refractivity contribution is 6.42. The van der Waals surface area contributed by atoms with Crippen molar-refractivity contribution in [1.29, 1.82) is 0 Å². The molecule has 0 aliphatic rings. The van der Waals surface area contributed by atoms with Crippen molar-refractivity contribution in [2.75, 3.05) is 12.8 Å². The van der Waals surface area contributed by atoms with Gasteiger partial charge in [-0.15, -0.1) is 0 Å². The fraction of sp³-hybridized carbons (Fsp3) is 0.133. The molecule has 2 N–H and O–H groups in total. The summed E-state index contributed by atoms with van der Waals surface area (Å²) in [4.78, 5) is 12.0. The molecule has 2 rings (SSSR count). The van der Waals surface area contributed by atoms with Crippen LogP contribution in [0.4, 0.5) is 5.69 Å². The molecule has 6 heteroatoms. The summed E-state index contributed by atoms with van der Waals surface area (Å²) in [6.45, 7) is 0.0758. The first-order chi connectivity index (χ1) is 10.0. The summed E-state index contributed by atoms with van der Waals surface area (Å²) in [5.74, 6) is 0.00293. The molecule has 2 aromatic rings. The average Bonchev–Trinajstić information content (AvgIpc) is 2.48. The Morgan fingerprint density at radius 2 is 1.90 bits per heavy atom. The van der Waals surface area contributed by atoms with Crippen LogP contribution in [0.1, 0.15) is 15.9 Å². The van der Waals surface area contributed by atoms with Gasteiger partial charge in [-0.1, -0.05) is 29.3 Å². The van der Waals surface area contributed by atoms with Crippen molar-refractivity contribution in [3.8, 4) is 5.75 Å². The number of carbonyl (C=O) groups is 1. The van der Waals surface area contributed by atoms with E-state index in [2.05, 4.69) is 0 Å². The van der Waals surface area contributed by atoms with Crippen molar-refractivity contribution in [2.24, 2.45) is 0 Å². The van der Waals surface area contributed by atoms with Crippen LogP contribution in [0.5, 0.6) is 5.75 Å². The monoisotopic (exact) mass is 325 g/mol. The number of anilines is 1. The fourth-order valence-corrected chi connectivity index (χ4v) is 2.02. The number of hydrogen-bond donors (Lipinski definition) is 1. The van der Waals surface area contributed by atoms with Gasteiger partial charge in [0.15, 0.2) is 0 Å². The molecule has 2 aromatic carbocycles. The molecule has 0 amide bonds. The van der Waals surface area contributed by atoms with E-state index in [1.165, 1.54) is 13.2 Å². The molecule has 4 nitrogen and oxygen atoms in total. The van der Waals surface area contributed by atoms with Gasteiger partial charge < -0.3 is 15.2 Å². The first kappa shape index (κ1) is 15.5.